The van der Waals surface area contributed by atoms with E-state index in [-0.39, 0.29) is 17.7 Å². The van der Waals surface area contributed by atoms with E-state index in [9.17, 15) is 9.59 Å². The minimum absolute atomic E-state index is 0.0368. The molecule has 2 aliphatic heterocycles. The number of fused-ring (bicyclic) bond motifs is 1. The summed E-state index contributed by atoms with van der Waals surface area (Å²) in [6.07, 6.45) is 2.15. The molecule has 1 saturated heterocycles. The number of allylic oxidation sites excluding steroid dienone is 1. The Hall–Kier alpha value is -2.31. The van der Waals surface area contributed by atoms with E-state index >= 15 is 0 Å². The summed E-state index contributed by atoms with van der Waals surface area (Å²) in [5.74, 6) is 0.148. The summed E-state index contributed by atoms with van der Waals surface area (Å²) in [7, 11) is 0. The number of nitrogens with zero attached hydrogens (tertiary/aromatic N) is 1. The first-order valence-electron chi connectivity index (χ1n) is 8.51. The molecule has 1 amide bonds. The van der Waals surface area contributed by atoms with Gasteiger partial charge in [-0.05, 0) is 55.3 Å². The van der Waals surface area contributed by atoms with Crippen molar-refractivity contribution < 1.29 is 9.59 Å². The molecule has 1 N–H and O–H groups in total. The average molecular weight is 383 g/mol. The minimum atomic E-state index is 0.0368. The fourth-order valence-electron chi connectivity index (χ4n) is 3.26. The first-order chi connectivity index (χ1) is 12.4. The predicted molar refractivity (Wildman–Crippen MR) is 108 cm³/mol. The number of benzene rings is 1. The molecule has 0 bridgehead atoms. The number of thiocarbonyl (C=S) groups is 1. The minimum Gasteiger partial charge on any atom is -0.347 e. The van der Waals surface area contributed by atoms with Crippen molar-refractivity contribution in [1.82, 2.24) is 10.2 Å². The van der Waals surface area contributed by atoms with Gasteiger partial charge in [0.15, 0.2) is 5.78 Å². The van der Waals surface area contributed by atoms with Crippen molar-refractivity contribution in [2.75, 3.05) is 0 Å². The van der Waals surface area contributed by atoms with E-state index in [2.05, 4.69) is 11.4 Å². The average Bonchev–Trinajstić information content (AvgIpc) is 3.26. The van der Waals surface area contributed by atoms with Gasteiger partial charge in [-0.25, -0.2) is 0 Å². The molecule has 1 aromatic heterocycles. The largest absolute Gasteiger partial charge is 0.347 e. The van der Waals surface area contributed by atoms with Gasteiger partial charge in [0.25, 0.3) is 5.91 Å². The quantitative estimate of drug-likeness (QED) is 0.644. The lowest BCUT2D eigenvalue weighted by atomic mass is 10.1. The number of hydrogen-bond donors (Lipinski definition) is 1. The van der Waals surface area contributed by atoms with Crippen LogP contribution in [0.1, 0.15) is 41.1 Å². The van der Waals surface area contributed by atoms with Crippen LogP contribution >= 0.6 is 23.6 Å². The number of hydrogen-bond acceptors (Lipinski definition) is 4. The lowest BCUT2D eigenvalue weighted by Crippen LogP contribution is -2.30. The van der Waals surface area contributed by atoms with Crippen LogP contribution in [0.15, 0.2) is 36.0 Å². The normalized spacial score (nSPS) is 18.2. The van der Waals surface area contributed by atoms with E-state index < -0.39 is 0 Å². The van der Waals surface area contributed by atoms with Crippen LogP contribution in [0.25, 0.3) is 16.5 Å². The highest BCUT2D eigenvalue weighted by molar-refractivity contribution is 7.80. The first-order valence-corrected chi connectivity index (χ1v) is 9.73. The number of thiophene rings is 1. The van der Waals surface area contributed by atoms with Crippen LogP contribution in [0.4, 0.5) is 0 Å². The summed E-state index contributed by atoms with van der Waals surface area (Å²) in [6.45, 7) is 4.74. The standard InChI is InChI=1S/C20H18N2O2S2/c1-11(2)22-10-13-7-12(3-5-15(13)20(22)24)18-6-4-14(26-18)8-16-17(23)9-19(25)21-16/h3-8,11H,9-10H2,1-2H3,(H,21,25)/b16-8+. The zero-order valence-corrected chi connectivity index (χ0v) is 16.2. The first kappa shape index (κ1) is 17.1. The lowest BCUT2D eigenvalue weighted by Gasteiger charge is -2.19. The molecule has 26 heavy (non-hydrogen) atoms. The molecule has 2 aromatic rings. The summed E-state index contributed by atoms with van der Waals surface area (Å²) in [5, 5.41) is 2.96. The smallest absolute Gasteiger partial charge is 0.254 e. The number of rotatable bonds is 3. The Morgan fingerprint density at radius 2 is 2.04 bits per heavy atom. The van der Waals surface area contributed by atoms with Crippen molar-refractivity contribution in [3.05, 3.63) is 52.0 Å². The molecule has 0 radical (unpaired) electrons. The molecule has 0 atom stereocenters. The van der Waals surface area contributed by atoms with Gasteiger partial charge in [-0.15, -0.1) is 11.3 Å². The molecule has 0 spiro atoms. The maximum atomic E-state index is 12.4. The van der Waals surface area contributed by atoms with Crippen LogP contribution in [0, 0.1) is 0 Å². The molecule has 1 fully saturated rings. The highest BCUT2D eigenvalue weighted by Crippen LogP contribution is 2.33. The molecule has 2 aliphatic rings. The van der Waals surface area contributed by atoms with Gasteiger partial charge in [-0.1, -0.05) is 18.3 Å². The Morgan fingerprint density at radius 1 is 1.23 bits per heavy atom. The molecule has 132 valence electrons. The number of amides is 1. The van der Waals surface area contributed by atoms with Crippen LogP contribution in [0.3, 0.4) is 0 Å². The zero-order chi connectivity index (χ0) is 18.4. The molecule has 0 aliphatic carbocycles. The Morgan fingerprint density at radius 3 is 2.73 bits per heavy atom. The van der Waals surface area contributed by atoms with Gasteiger partial charge in [0.2, 0.25) is 0 Å². The van der Waals surface area contributed by atoms with Crippen molar-refractivity contribution in [2.45, 2.75) is 32.9 Å². The maximum absolute atomic E-state index is 12.4. The van der Waals surface area contributed by atoms with Crippen LogP contribution in [-0.2, 0) is 11.3 Å². The van der Waals surface area contributed by atoms with Crippen LogP contribution in [0.5, 0.6) is 0 Å². The SMILES string of the molecule is CC(C)N1Cc2cc(-c3ccc(/C=C4/NC(=S)CC4=O)s3)ccc2C1=O. The monoisotopic (exact) mass is 382 g/mol. The molecule has 4 nitrogen and oxygen atoms in total. The van der Waals surface area contributed by atoms with Crippen LogP contribution < -0.4 is 5.32 Å². The highest BCUT2D eigenvalue weighted by atomic mass is 32.1. The van der Waals surface area contributed by atoms with Crippen molar-refractivity contribution in [3.8, 4) is 10.4 Å². The number of carbonyl (C=O) groups excluding carboxylic acids is 2. The molecule has 1 aromatic carbocycles. The Kier molecular flexibility index (Phi) is 4.25. The van der Waals surface area contributed by atoms with Gasteiger partial charge in [-0.3, -0.25) is 9.59 Å². The fourth-order valence-corrected chi connectivity index (χ4v) is 4.45. The van der Waals surface area contributed by atoms with Gasteiger partial charge in [0, 0.05) is 27.9 Å². The summed E-state index contributed by atoms with van der Waals surface area (Å²) in [4.78, 5) is 28.9. The Balaban J connectivity index is 1.61. The molecule has 6 heteroatoms. The Bertz CT molecular complexity index is 972. The molecular formula is C20H18N2O2S2. The van der Waals surface area contributed by atoms with Crippen LogP contribution in [-0.4, -0.2) is 27.6 Å². The summed E-state index contributed by atoms with van der Waals surface area (Å²) >= 11 is 6.67. The second kappa shape index (κ2) is 6.45. The van der Waals surface area contributed by atoms with Crippen molar-refractivity contribution in [1.29, 1.82) is 0 Å². The van der Waals surface area contributed by atoms with Gasteiger partial charge < -0.3 is 10.2 Å². The summed E-state index contributed by atoms with van der Waals surface area (Å²) in [5.41, 5.74) is 3.54. The number of nitrogens with one attached hydrogen (secondary N) is 1. The van der Waals surface area contributed by atoms with Gasteiger partial charge in [0.1, 0.15) is 0 Å². The topological polar surface area (TPSA) is 49.4 Å². The molecule has 3 heterocycles. The van der Waals surface area contributed by atoms with E-state index in [1.54, 1.807) is 11.3 Å². The van der Waals surface area contributed by atoms with Crippen molar-refractivity contribution in [2.24, 2.45) is 0 Å². The highest BCUT2D eigenvalue weighted by Gasteiger charge is 2.29. The lowest BCUT2D eigenvalue weighted by molar-refractivity contribution is -0.114. The fraction of sp³-hybridized carbons (Fsp3) is 0.250. The number of Topliss-reactive ketones (excluding diaryl/α,β-unsaturated/α-hetero) is 1. The molecule has 4 rings (SSSR count). The Labute approximate surface area is 161 Å². The third kappa shape index (κ3) is 2.99. The van der Waals surface area contributed by atoms with Crippen molar-refractivity contribution >= 4 is 46.3 Å². The van der Waals surface area contributed by atoms with Gasteiger partial charge in [-0.2, -0.15) is 0 Å². The number of carbonyl (C=O) groups is 2. The third-order valence-electron chi connectivity index (χ3n) is 4.65. The molecule has 0 unspecified atom stereocenters. The van der Waals surface area contributed by atoms with Crippen LogP contribution in [0.2, 0.25) is 0 Å². The second-order valence-corrected chi connectivity index (χ2v) is 8.42. The summed E-state index contributed by atoms with van der Waals surface area (Å²) in [6, 6.07) is 10.3. The predicted octanol–water partition coefficient (Wildman–Crippen LogP) is 4.01. The van der Waals surface area contributed by atoms with E-state index in [0.717, 1.165) is 26.4 Å². The third-order valence-corrected chi connectivity index (χ3v) is 5.98. The van der Waals surface area contributed by atoms with Gasteiger partial charge in [0.05, 0.1) is 17.1 Å². The number of ketones is 1. The van der Waals surface area contributed by atoms with E-state index in [1.807, 2.05) is 49.1 Å². The van der Waals surface area contributed by atoms with E-state index in [1.165, 1.54) is 0 Å². The molecule has 0 saturated carbocycles. The zero-order valence-electron chi connectivity index (χ0n) is 14.5. The summed E-state index contributed by atoms with van der Waals surface area (Å²) < 4.78 is 0. The second-order valence-electron chi connectivity index (χ2n) is 6.81. The van der Waals surface area contributed by atoms with Crippen molar-refractivity contribution in [3.63, 3.8) is 0 Å². The molecular weight excluding hydrogens is 364 g/mol. The van der Waals surface area contributed by atoms with E-state index in [4.69, 9.17) is 12.2 Å². The maximum Gasteiger partial charge on any atom is 0.254 e. The van der Waals surface area contributed by atoms with E-state index in [0.29, 0.717) is 23.7 Å². The van der Waals surface area contributed by atoms with Gasteiger partial charge >= 0.3 is 0 Å².